The lowest BCUT2D eigenvalue weighted by atomic mass is 10.2. The summed E-state index contributed by atoms with van der Waals surface area (Å²) >= 11 is 5.50. The molecule has 0 bridgehead atoms. The molecule has 15 heavy (non-hydrogen) atoms. The fraction of sp³-hybridized carbons (Fsp3) is 0.0909. The second kappa shape index (κ2) is 5.98. The first-order chi connectivity index (χ1) is 7.24. The molecule has 0 heterocycles. The Labute approximate surface area is 93.1 Å². The normalized spacial score (nSPS) is 10.2. The van der Waals surface area contributed by atoms with E-state index < -0.39 is 5.91 Å². The van der Waals surface area contributed by atoms with Gasteiger partial charge < -0.3 is 4.79 Å². The molecule has 4 heteroatoms. The molecule has 0 N–H and O–H groups in total. The Morgan fingerprint density at radius 1 is 1.33 bits per heavy atom. The van der Waals surface area contributed by atoms with Gasteiger partial charge in [-0.05, 0) is 11.6 Å². The van der Waals surface area contributed by atoms with Gasteiger partial charge in [-0.1, -0.05) is 30.3 Å². The summed E-state index contributed by atoms with van der Waals surface area (Å²) in [6.45, 7) is -0.112. The Morgan fingerprint density at radius 3 is 2.60 bits per heavy atom. The summed E-state index contributed by atoms with van der Waals surface area (Å²) in [5.41, 5.74) is 0.905. The molecule has 1 rings (SSSR count). The number of rotatable bonds is 4. The highest BCUT2D eigenvalue weighted by Crippen LogP contribution is 2.02. The lowest BCUT2D eigenvalue weighted by molar-refractivity contribution is -0.123. The molecular weight excluding hydrogens is 214 g/mol. The predicted molar refractivity (Wildman–Crippen MR) is 59.1 cm³/mol. The van der Waals surface area contributed by atoms with Crippen LogP contribution in [0.5, 0.6) is 0 Å². The first-order valence-electron chi connectivity index (χ1n) is 4.38. The van der Waals surface area contributed by atoms with E-state index in [1.54, 1.807) is 6.08 Å². The predicted octanol–water partition coefficient (Wildman–Crippen LogP) is 1.88. The van der Waals surface area contributed by atoms with Crippen LogP contribution >= 0.6 is 11.8 Å². The number of halogens is 1. The van der Waals surface area contributed by atoms with E-state index in [1.165, 1.54) is 6.08 Å². The highest BCUT2D eigenvalue weighted by molar-refractivity contribution is 6.24. The third-order valence-electron chi connectivity index (χ3n) is 1.69. The average Bonchev–Trinajstić information content (AvgIpc) is 2.27. The number of carbonyl (C=O) groups is 2. The SMILES string of the molecule is O=CCN(Cl)C(=O)C=Cc1ccccc1. The highest BCUT2D eigenvalue weighted by Gasteiger charge is 2.04. The van der Waals surface area contributed by atoms with Crippen LogP contribution in [0, 0.1) is 0 Å². The Morgan fingerprint density at radius 2 is 2.00 bits per heavy atom. The van der Waals surface area contributed by atoms with E-state index in [1.807, 2.05) is 30.3 Å². The summed E-state index contributed by atoms with van der Waals surface area (Å²) in [5.74, 6) is -0.410. The zero-order valence-electron chi connectivity index (χ0n) is 7.97. The first-order valence-corrected chi connectivity index (χ1v) is 4.72. The van der Waals surface area contributed by atoms with Crippen molar-refractivity contribution in [3.8, 4) is 0 Å². The Kier molecular flexibility index (Phi) is 4.57. The molecule has 1 aromatic carbocycles. The number of carbonyl (C=O) groups excluding carboxylic acids is 2. The largest absolute Gasteiger partial charge is 0.301 e. The molecule has 0 fully saturated rings. The van der Waals surface area contributed by atoms with Crippen molar-refractivity contribution in [3.05, 3.63) is 42.0 Å². The minimum absolute atomic E-state index is 0.112. The third-order valence-corrected chi connectivity index (χ3v) is 2.00. The summed E-state index contributed by atoms with van der Waals surface area (Å²) in [4.78, 5) is 21.3. The quantitative estimate of drug-likeness (QED) is 0.444. The lowest BCUT2D eigenvalue weighted by Gasteiger charge is -2.05. The van der Waals surface area contributed by atoms with E-state index in [0.717, 1.165) is 9.98 Å². The van der Waals surface area contributed by atoms with Gasteiger partial charge in [0.2, 0.25) is 0 Å². The second-order valence-electron chi connectivity index (χ2n) is 2.79. The zero-order chi connectivity index (χ0) is 11.1. The first kappa shape index (κ1) is 11.5. The van der Waals surface area contributed by atoms with Crippen LogP contribution in [0.25, 0.3) is 6.08 Å². The van der Waals surface area contributed by atoms with Gasteiger partial charge in [-0.3, -0.25) is 4.79 Å². The molecule has 78 valence electrons. The van der Waals surface area contributed by atoms with Gasteiger partial charge in [0.1, 0.15) is 6.29 Å². The van der Waals surface area contributed by atoms with E-state index in [-0.39, 0.29) is 6.54 Å². The van der Waals surface area contributed by atoms with Crippen molar-refractivity contribution in [1.29, 1.82) is 0 Å². The molecule has 0 radical (unpaired) electrons. The standard InChI is InChI=1S/C11H10ClNO2/c12-13(8-9-14)11(15)7-6-10-4-2-1-3-5-10/h1-7,9H,8H2. The minimum Gasteiger partial charge on any atom is -0.301 e. The molecule has 0 saturated heterocycles. The fourth-order valence-electron chi connectivity index (χ4n) is 0.968. The molecule has 0 saturated carbocycles. The lowest BCUT2D eigenvalue weighted by Crippen LogP contribution is -2.20. The van der Waals surface area contributed by atoms with E-state index in [4.69, 9.17) is 11.8 Å². The summed E-state index contributed by atoms with van der Waals surface area (Å²) in [7, 11) is 0. The maximum Gasteiger partial charge on any atom is 0.261 e. The van der Waals surface area contributed by atoms with Gasteiger partial charge in [0, 0.05) is 17.9 Å². The van der Waals surface area contributed by atoms with Crippen molar-refractivity contribution in [2.24, 2.45) is 0 Å². The van der Waals surface area contributed by atoms with Crippen molar-refractivity contribution in [3.63, 3.8) is 0 Å². The number of nitrogens with zero attached hydrogens (tertiary/aromatic N) is 1. The van der Waals surface area contributed by atoms with Crippen molar-refractivity contribution in [2.45, 2.75) is 0 Å². The fourth-order valence-corrected chi connectivity index (χ4v) is 1.08. The topological polar surface area (TPSA) is 37.4 Å². The minimum atomic E-state index is -0.410. The number of hydrogen-bond acceptors (Lipinski definition) is 2. The Bertz CT molecular complexity index is 362. The molecule has 0 aliphatic carbocycles. The van der Waals surface area contributed by atoms with E-state index >= 15 is 0 Å². The number of benzene rings is 1. The van der Waals surface area contributed by atoms with Crippen molar-refractivity contribution in [1.82, 2.24) is 4.42 Å². The molecule has 0 unspecified atom stereocenters. The molecule has 0 aromatic heterocycles. The summed E-state index contributed by atoms with van der Waals surface area (Å²) < 4.78 is 0.826. The molecule has 0 aliphatic heterocycles. The maximum atomic E-state index is 11.3. The molecular formula is C11H10ClNO2. The second-order valence-corrected chi connectivity index (χ2v) is 3.20. The van der Waals surface area contributed by atoms with Crippen LogP contribution in [-0.4, -0.2) is 23.2 Å². The number of aldehydes is 1. The maximum absolute atomic E-state index is 11.3. The summed E-state index contributed by atoms with van der Waals surface area (Å²) in [6, 6.07) is 9.35. The monoisotopic (exact) mass is 223 g/mol. The smallest absolute Gasteiger partial charge is 0.261 e. The Balaban J connectivity index is 2.58. The molecule has 1 aromatic rings. The van der Waals surface area contributed by atoms with Crippen LogP contribution in [0.4, 0.5) is 0 Å². The average molecular weight is 224 g/mol. The molecule has 3 nitrogen and oxygen atoms in total. The zero-order valence-corrected chi connectivity index (χ0v) is 8.72. The van der Waals surface area contributed by atoms with Gasteiger partial charge in [0.05, 0.1) is 6.54 Å². The van der Waals surface area contributed by atoms with Gasteiger partial charge >= 0.3 is 0 Å². The summed E-state index contributed by atoms with van der Waals surface area (Å²) in [5, 5.41) is 0. The van der Waals surface area contributed by atoms with E-state index in [9.17, 15) is 9.59 Å². The van der Waals surface area contributed by atoms with Crippen LogP contribution in [0.1, 0.15) is 5.56 Å². The molecule has 0 atom stereocenters. The van der Waals surface area contributed by atoms with E-state index in [0.29, 0.717) is 6.29 Å². The molecule has 1 amide bonds. The van der Waals surface area contributed by atoms with Gasteiger partial charge in [0.15, 0.2) is 0 Å². The molecule has 0 aliphatic rings. The van der Waals surface area contributed by atoms with Crippen molar-refractivity contribution < 1.29 is 9.59 Å². The van der Waals surface area contributed by atoms with Crippen molar-refractivity contribution in [2.75, 3.05) is 6.54 Å². The molecule has 0 spiro atoms. The van der Waals surface area contributed by atoms with Crippen LogP contribution in [0.15, 0.2) is 36.4 Å². The van der Waals surface area contributed by atoms with Crippen LogP contribution in [0.3, 0.4) is 0 Å². The third kappa shape index (κ3) is 3.95. The number of amides is 1. The van der Waals surface area contributed by atoms with Crippen LogP contribution in [-0.2, 0) is 9.59 Å². The summed E-state index contributed by atoms with van der Waals surface area (Å²) in [6.07, 6.45) is 3.54. The number of hydrogen-bond donors (Lipinski definition) is 0. The van der Waals surface area contributed by atoms with Crippen LogP contribution < -0.4 is 0 Å². The van der Waals surface area contributed by atoms with Crippen LogP contribution in [0.2, 0.25) is 0 Å². The van der Waals surface area contributed by atoms with Gasteiger partial charge in [-0.25, -0.2) is 4.42 Å². The van der Waals surface area contributed by atoms with Crippen molar-refractivity contribution >= 4 is 30.0 Å². The van der Waals surface area contributed by atoms with E-state index in [2.05, 4.69) is 0 Å². The highest BCUT2D eigenvalue weighted by atomic mass is 35.5. The van der Waals surface area contributed by atoms with Gasteiger partial charge in [-0.2, -0.15) is 0 Å². The Hall–Kier alpha value is -1.61. The van der Waals surface area contributed by atoms with Gasteiger partial charge in [-0.15, -0.1) is 0 Å². The van der Waals surface area contributed by atoms with Gasteiger partial charge in [0.25, 0.3) is 5.91 Å².